The van der Waals surface area contributed by atoms with Crippen LogP contribution in [0.3, 0.4) is 0 Å². The van der Waals surface area contributed by atoms with Gasteiger partial charge in [-0.1, -0.05) is 32.0 Å². The maximum Gasteiger partial charge on any atom is 0.249 e. The monoisotopic (exact) mass is 402 g/mol. The Morgan fingerprint density at radius 1 is 1.32 bits per heavy atom. The van der Waals surface area contributed by atoms with E-state index in [0.29, 0.717) is 36.7 Å². The molecule has 1 aromatic carbocycles. The number of aliphatic hydroxyl groups excluding tert-OH is 1. The van der Waals surface area contributed by atoms with Crippen LogP contribution in [0.5, 0.6) is 0 Å². The smallest absolute Gasteiger partial charge is 0.249 e. The molecule has 2 atom stereocenters. The fourth-order valence-corrected chi connectivity index (χ4v) is 3.98. The topological polar surface area (TPSA) is 78.9 Å². The quantitative estimate of drug-likeness (QED) is 0.746. The number of anilines is 1. The maximum atomic E-state index is 12.2. The van der Waals surface area contributed by atoms with Gasteiger partial charge in [0.25, 0.3) is 0 Å². The minimum absolute atomic E-state index is 0.0607. The van der Waals surface area contributed by atoms with E-state index in [1.54, 1.807) is 40.5 Å². The Morgan fingerprint density at radius 2 is 2.07 bits per heavy atom. The minimum Gasteiger partial charge on any atom is -0.386 e. The lowest BCUT2D eigenvalue weighted by atomic mass is 9.99. The molecule has 2 amide bonds. The zero-order valence-electron chi connectivity index (χ0n) is 16.1. The van der Waals surface area contributed by atoms with Gasteiger partial charge in [-0.3, -0.25) is 9.59 Å². The van der Waals surface area contributed by atoms with Gasteiger partial charge in [0.15, 0.2) is 0 Å². The Bertz CT molecular complexity index is 789. The molecule has 150 valence electrons. The van der Waals surface area contributed by atoms with Crippen LogP contribution in [-0.2, 0) is 20.7 Å². The number of hydrogen-bond acceptors (Lipinski definition) is 5. The number of aliphatic hydroxyl groups is 1. The van der Waals surface area contributed by atoms with Crippen molar-refractivity contribution in [2.24, 2.45) is 5.92 Å². The SMILES string of the molecule is CC(C)CN1C(=O)COCC1C(O)c1ccc(NC(=O)Cc2cccs2)cc1. The number of thiophene rings is 1. The average molecular weight is 403 g/mol. The summed E-state index contributed by atoms with van der Waals surface area (Å²) < 4.78 is 5.37. The molecule has 1 aromatic heterocycles. The van der Waals surface area contributed by atoms with Crippen LogP contribution in [0.4, 0.5) is 5.69 Å². The summed E-state index contributed by atoms with van der Waals surface area (Å²) >= 11 is 1.55. The largest absolute Gasteiger partial charge is 0.386 e. The third-order valence-electron chi connectivity index (χ3n) is 4.61. The molecule has 1 saturated heterocycles. The lowest BCUT2D eigenvalue weighted by Gasteiger charge is -2.39. The molecule has 2 heterocycles. The predicted molar refractivity (Wildman–Crippen MR) is 109 cm³/mol. The van der Waals surface area contributed by atoms with Gasteiger partial charge in [-0.05, 0) is 35.1 Å². The molecule has 0 saturated carbocycles. The van der Waals surface area contributed by atoms with E-state index in [1.807, 2.05) is 31.4 Å². The summed E-state index contributed by atoms with van der Waals surface area (Å²) in [6.45, 7) is 5.03. The molecule has 2 N–H and O–H groups in total. The van der Waals surface area contributed by atoms with Crippen molar-refractivity contribution in [1.29, 1.82) is 0 Å². The summed E-state index contributed by atoms with van der Waals surface area (Å²) in [6, 6.07) is 10.5. The fraction of sp³-hybridized carbons (Fsp3) is 0.429. The maximum absolute atomic E-state index is 12.2. The average Bonchev–Trinajstić information content (AvgIpc) is 3.16. The van der Waals surface area contributed by atoms with Crippen LogP contribution in [0.2, 0.25) is 0 Å². The van der Waals surface area contributed by atoms with Crippen molar-refractivity contribution in [3.8, 4) is 0 Å². The van der Waals surface area contributed by atoms with Crippen molar-refractivity contribution < 1.29 is 19.4 Å². The predicted octanol–water partition coefficient (Wildman–Crippen LogP) is 2.85. The van der Waals surface area contributed by atoms with Crippen molar-refractivity contribution >= 4 is 28.8 Å². The van der Waals surface area contributed by atoms with E-state index in [4.69, 9.17) is 4.74 Å². The summed E-state index contributed by atoms with van der Waals surface area (Å²) in [5.74, 6) is 0.129. The molecule has 0 radical (unpaired) electrons. The van der Waals surface area contributed by atoms with Gasteiger partial charge in [-0.25, -0.2) is 0 Å². The highest BCUT2D eigenvalue weighted by Crippen LogP contribution is 2.26. The number of hydrogen-bond donors (Lipinski definition) is 2. The summed E-state index contributed by atoms with van der Waals surface area (Å²) in [6.07, 6.45) is -0.507. The van der Waals surface area contributed by atoms with Crippen molar-refractivity contribution in [2.75, 3.05) is 25.1 Å². The molecule has 1 aliphatic heterocycles. The Kier molecular flexibility index (Phi) is 6.83. The first-order valence-electron chi connectivity index (χ1n) is 9.41. The first-order valence-corrected chi connectivity index (χ1v) is 10.3. The summed E-state index contributed by atoms with van der Waals surface area (Å²) in [5, 5.41) is 15.6. The van der Waals surface area contributed by atoms with Crippen LogP contribution in [0.25, 0.3) is 0 Å². The zero-order chi connectivity index (χ0) is 20.1. The second kappa shape index (κ2) is 9.32. The molecular formula is C21H26N2O4S. The molecule has 2 aromatic rings. The highest BCUT2D eigenvalue weighted by molar-refractivity contribution is 7.10. The molecule has 0 bridgehead atoms. The third-order valence-corrected chi connectivity index (χ3v) is 5.49. The summed E-state index contributed by atoms with van der Waals surface area (Å²) in [7, 11) is 0. The Morgan fingerprint density at radius 3 is 2.71 bits per heavy atom. The molecule has 7 heteroatoms. The van der Waals surface area contributed by atoms with E-state index in [2.05, 4.69) is 5.32 Å². The number of benzene rings is 1. The molecule has 1 fully saturated rings. The normalized spacial score (nSPS) is 18.4. The molecule has 28 heavy (non-hydrogen) atoms. The number of ether oxygens (including phenoxy) is 1. The molecule has 6 nitrogen and oxygen atoms in total. The van der Waals surface area contributed by atoms with Crippen LogP contribution < -0.4 is 5.32 Å². The van der Waals surface area contributed by atoms with Crippen LogP contribution in [0.1, 0.15) is 30.4 Å². The first-order chi connectivity index (χ1) is 13.4. The minimum atomic E-state index is -0.848. The standard InChI is InChI=1S/C21H26N2O4S/c1-14(2)11-23-18(12-27-13-20(23)25)21(26)15-5-7-16(8-6-15)22-19(24)10-17-4-3-9-28-17/h3-9,14,18,21,26H,10-13H2,1-2H3,(H,22,24). The Hall–Kier alpha value is -2.22. The lowest BCUT2D eigenvalue weighted by molar-refractivity contribution is -0.155. The molecule has 3 rings (SSSR count). The third kappa shape index (κ3) is 5.19. The fourth-order valence-electron chi connectivity index (χ4n) is 3.28. The second-order valence-corrected chi connectivity index (χ2v) is 8.43. The van der Waals surface area contributed by atoms with Gasteiger partial charge in [0.1, 0.15) is 12.7 Å². The van der Waals surface area contributed by atoms with Crippen LogP contribution in [0.15, 0.2) is 41.8 Å². The van der Waals surface area contributed by atoms with Gasteiger partial charge in [0.2, 0.25) is 11.8 Å². The van der Waals surface area contributed by atoms with Gasteiger partial charge < -0.3 is 20.1 Å². The van der Waals surface area contributed by atoms with Crippen molar-refractivity contribution in [2.45, 2.75) is 32.4 Å². The van der Waals surface area contributed by atoms with E-state index >= 15 is 0 Å². The van der Waals surface area contributed by atoms with E-state index < -0.39 is 12.1 Å². The summed E-state index contributed by atoms with van der Waals surface area (Å²) in [4.78, 5) is 27.1. The van der Waals surface area contributed by atoms with E-state index in [-0.39, 0.29) is 18.4 Å². The van der Waals surface area contributed by atoms with Gasteiger partial charge >= 0.3 is 0 Å². The van der Waals surface area contributed by atoms with Crippen molar-refractivity contribution in [3.63, 3.8) is 0 Å². The number of amides is 2. The van der Waals surface area contributed by atoms with Gasteiger partial charge in [0.05, 0.1) is 19.1 Å². The Labute approximate surface area is 169 Å². The number of rotatable bonds is 7. The van der Waals surface area contributed by atoms with E-state index in [0.717, 1.165) is 4.88 Å². The van der Waals surface area contributed by atoms with Crippen molar-refractivity contribution in [1.82, 2.24) is 4.90 Å². The molecule has 0 aliphatic carbocycles. The highest BCUT2D eigenvalue weighted by Gasteiger charge is 2.34. The van der Waals surface area contributed by atoms with Crippen molar-refractivity contribution in [3.05, 3.63) is 52.2 Å². The Balaban J connectivity index is 1.64. The van der Waals surface area contributed by atoms with Gasteiger partial charge in [0, 0.05) is 17.1 Å². The second-order valence-electron chi connectivity index (χ2n) is 7.39. The van der Waals surface area contributed by atoms with Gasteiger partial charge in [-0.15, -0.1) is 11.3 Å². The molecule has 2 unspecified atom stereocenters. The molecule has 0 spiro atoms. The van der Waals surface area contributed by atoms with Crippen LogP contribution in [-0.4, -0.2) is 47.6 Å². The van der Waals surface area contributed by atoms with E-state index in [1.165, 1.54) is 0 Å². The number of morpholine rings is 1. The lowest BCUT2D eigenvalue weighted by Crippen LogP contribution is -2.53. The number of carbonyl (C=O) groups excluding carboxylic acids is 2. The van der Waals surface area contributed by atoms with Crippen LogP contribution in [0, 0.1) is 5.92 Å². The first kappa shape index (κ1) is 20.5. The number of nitrogens with one attached hydrogen (secondary N) is 1. The highest BCUT2D eigenvalue weighted by atomic mass is 32.1. The van der Waals surface area contributed by atoms with E-state index in [9.17, 15) is 14.7 Å². The number of carbonyl (C=O) groups is 2. The summed E-state index contributed by atoms with van der Waals surface area (Å²) in [5.41, 5.74) is 1.36. The number of nitrogens with zero attached hydrogens (tertiary/aromatic N) is 1. The van der Waals surface area contributed by atoms with Gasteiger partial charge in [-0.2, -0.15) is 0 Å². The molecular weight excluding hydrogens is 376 g/mol. The molecule has 1 aliphatic rings. The zero-order valence-corrected chi connectivity index (χ0v) is 16.9. The van der Waals surface area contributed by atoms with Crippen LogP contribution >= 0.6 is 11.3 Å².